The first-order valence-electron chi connectivity index (χ1n) is 5.79. The lowest BCUT2D eigenvalue weighted by atomic mass is 9.99. The summed E-state index contributed by atoms with van der Waals surface area (Å²) < 4.78 is 4.94. The third kappa shape index (κ3) is 2.72. The second-order valence-corrected chi connectivity index (χ2v) is 4.80. The SMILES string of the molecule is NC(=O)COCC(=O)N1C[C@@H]2CC[C@@H](C2)C1. The minimum Gasteiger partial charge on any atom is -0.368 e. The third-order valence-electron chi connectivity index (χ3n) is 3.43. The molecule has 1 saturated heterocycles. The highest BCUT2D eigenvalue weighted by molar-refractivity contribution is 5.79. The predicted molar refractivity (Wildman–Crippen MR) is 57.4 cm³/mol. The zero-order valence-corrected chi connectivity index (χ0v) is 9.35. The number of likely N-dealkylation sites (tertiary alicyclic amines) is 1. The van der Waals surface area contributed by atoms with Crippen LogP contribution in [0.3, 0.4) is 0 Å². The Hall–Kier alpha value is -1.10. The van der Waals surface area contributed by atoms with Crippen molar-refractivity contribution in [3.8, 4) is 0 Å². The zero-order valence-electron chi connectivity index (χ0n) is 9.35. The average Bonchev–Trinajstić information content (AvgIpc) is 2.57. The molecule has 5 heteroatoms. The minimum absolute atomic E-state index is 0.0159. The van der Waals surface area contributed by atoms with E-state index in [2.05, 4.69) is 0 Å². The standard InChI is InChI=1S/C11H18N2O3/c12-10(14)6-16-7-11(15)13-4-8-1-2-9(3-8)5-13/h8-9H,1-7H2,(H2,12,14)/t8-,9+. The smallest absolute Gasteiger partial charge is 0.248 e. The molecule has 0 spiro atoms. The van der Waals surface area contributed by atoms with Crippen molar-refractivity contribution in [3.63, 3.8) is 0 Å². The molecule has 0 aromatic rings. The lowest BCUT2D eigenvalue weighted by Gasteiger charge is -2.31. The molecule has 0 radical (unpaired) electrons. The first kappa shape index (κ1) is 11.4. The topological polar surface area (TPSA) is 72.6 Å². The zero-order chi connectivity index (χ0) is 11.5. The molecule has 2 aliphatic rings. The van der Waals surface area contributed by atoms with Crippen molar-refractivity contribution in [1.29, 1.82) is 0 Å². The van der Waals surface area contributed by atoms with Crippen LogP contribution in [0, 0.1) is 11.8 Å². The van der Waals surface area contributed by atoms with Gasteiger partial charge in [0.15, 0.2) is 0 Å². The van der Waals surface area contributed by atoms with Crippen LogP contribution in [0.5, 0.6) is 0 Å². The summed E-state index contributed by atoms with van der Waals surface area (Å²) in [4.78, 5) is 24.1. The molecule has 5 nitrogen and oxygen atoms in total. The maximum Gasteiger partial charge on any atom is 0.248 e. The number of nitrogens with zero attached hydrogens (tertiary/aromatic N) is 1. The quantitative estimate of drug-likeness (QED) is 0.718. The van der Waals surface area contributed by atoms with E-state index in [0.29, 0.717) is 11.8 Å². The number of rotatable bonds is 4. The Balaban J connectivity index is 1.75. The number of ether oxygens (including phenoxy) is 1. The van der Waals surface area contributed by atoms with Gasteiger partial charge in [0.05, 0.1) is 0 Å². The van der Waals surface area contributed by atoms with Crippen LogP contribution >= 0.6 is 0 Å². The van der Waals surface area contributed by atoms with E-state index in [9.17, 15) is 9.59 Å². The number of nitrogens with two attached hydrogens (primary N) is 1. The lowest BCUT2D eigenvalue weighted by Crippen LogP contribution is -2.42. The Morgan fingerprint density at radius 1 is 1.19 bits per heavy atom. The number of piperidine rings is 1. The average molecular weight is 226 g/mol. The van der Waals surface area contributed by atoms with Crippen LogP contribution in [0.15, 0.2) is 0 Å². The monoisotopic (exact) mass is 226 g/mol. The van der Waals surface area contributed by atoms with Crippen LogP contribution in [0.25, 0.3) is 0 Å². The summed E-state index contributed by atoms with van der Waals surface area (Å²) in [6.45, 7) is 1.51. The summed E-state index contributed by atoms with van der Waals surface area (Å²) in [5, 5.41) is 0. The fourth-order valence-corrected chi connectivity index (χ4v) is 2.74. The molecule has 90 valence electrons. The normalized spacial score (nSPS) is 28.1. The second kappa shape index (κ2) is 4.82. The summed E-state index contributed by atoms with van der Waals surface area (Å²) >= 11 is 0. The second-order valence-electron chi connectivity index (χ2n) is 4.80. The summed E-state index contributed by atoms with van der Waals surface area (Å²) in [5.74, 6) is 0.807. The molecule has 2 N–H and O–H groups in total. The molecule has 2 fully saturated rings. The van der Waals surface area contributed by atoms with Crippen molar-refractivity contribution < 1.29 is 14.3 Å². The molecule has 1 saturated carbocycles. The Morgan fingerprint density at radius 3 is 2.38 bits per heavy atom. The van der Waals surface area contributed by atoms with Crippen LogP contribution in [-0.2, 0) is 14.3 Å². The van der Waals surface area contributed by atoms with Crippen LogP contribution in [0.4, 0.5) is 0 Å². The van der Waals surface area contributed by atoms with E-state index in [4.69, 9.17) is 10.5 Å². The largest absolute Gasteiger partial charge is 0.368 e. The van der Waals surface area contributed by atoms with Gasteiger partial charge in [-0.2, -0.15) is 0 Å². The van der Waals surface area contributed by atoms with Crippen LogP contribution in [0.1, 0.15) is 19.3 Å². The van der Waals surface area contributed by atoms with Gasteiger partial charge in [-0.1, -0.05) is 0 Å². The van der Waals surface area contributed by atoms with Crippen molar-refractivity contribution >= 4 is 11.8 Å². The number of carbonyl (C=O) groups is 2. The van der Waals surface area contributed by atoms with Gasteiger partial charge in [-0.25, -0.2) is 0 Å². The molecule has 2 bridgehead atoms. The van der Waals surface area contributed by atoms with Crippen LogP contribution in [0.2, 0.25) is 0 Å². The lowest BCUT2D eigenvalue weighted by molar-refractivity contribution is -0.139. The van der Waals surface area contributed by atoms with E-state index in [1.807, 2.05) is 4.90 Å². The van der Waals surface area contributed by atoms with Gasteiger partial charge < -0.3 is 15.4 Å². The first-order valence-corrected chi connectivity index (χ1v) is 5.79. The molecular formula is C11H18N2O3. The van der Waals surface area contributed by atoms with Crippen molar-refractivity contribution in [2.24, 2.45) is 17.6 Å². The molecule has 1 aliphatic heterocycles. The minimum atomic E-state index is -0.536. The number of hydrogen-bond donors (Lipinski definition) is 1. The number of carbonyl (C=O) groups excluding carboxylic acids is 2. The van der Waals surface area contributed by atoms with Crippen molar-refractivity contribution in [2.45, 2.75) is 19.3 Å². The number of fused-ring (bicyclic) bond motifs is 2. The van der Waals surface area contributed by atoms with E-state index >= 15 is 0 Å². The molecule has 16 heavy (non-hydrogen) atoms. The van der Waals surface area contributed by atoms with Gasteiger partial charge in [-0.3, -0.25) is 9.59 Å². The molecular weight excluding hydrogens is 208 g/mol. The fraction of sp³-hybridized carbons (Fsp3) is 0.818. The van der Waals surface area contributed by atoms with Gasteiger partial charge >= 0.3 is 0 Å². The molecule has 1 heterocycles. The summed E-state index contributed by atoms with van der Waals surface area (Å²) in [6, 6.07) is 0. The maximum atomic E-state index is 11.7. The highest BCUT2D eigenvalue weighted by atomic mass is 16.5. The van der Waals surface area contributed by atoms with E-state index in [1.165, 1.54) is 19.3 Å². The van der Waals surface area contributed by atoms with E-state index < -0.39 is 5.91 Å². The maximum absolute atomic E-state index is 11.7. The molecule has 2 rings (SSSR count). The highest BCUT2D eigenvalue weighted by Crippen LogP contribution is 2.36. The van der Waals surface area contributed by atoms with Gasteiger partial charge in [-0.05, 0) is 31.1 Å². The van der Waals surface area contributed by atoms with Crippen molar-refractivity contribution in [3.05, 3.63) is 0 Å². The molecule has 2 amide bonds. The Bertz CT molecular complexity index is 281. The number of amides is 2. The van der Waals surface area contributed by atoms with Crippen molar-refractivity contribution in [2.75, 3.05) is 26.3 Å². The van der Waals surface area contributed by atoms with E-state index in [-0.39, 0.29) is 19.1 Å². The summed E-state index contributed by atoms with van der Waals surface area (Å²) in [5.41, 5.74) is 4.92. The number of hydrogen-bond acceptors (Lipinski definition) is 3. The van der Waals surface area contributed by atoms with Crippen LogP contribution in [-0.4, -0.2) is 43.0 Å². The van der Waals surface area contributed by atoms with Gasteiger partial charge in [-0.15, -0.1) is 0 Å². The summed E-state index contributed by atoms with van der Waals surface area (Å²) in [6.07, 6.45) is 3.76. The summed E-state index contributed by atoms with van der Waals surface area (Å²) in [7, 11) is 0. The first-order chi connectivity index (χ1) is 7.65. The molecule has 0 unspecified atom stereocenters. The van der Waals surface area contributed by atoms with Crippen LogP contribution < -0.4 is 5.73 Å². The highest BCUT2D eigenvalue weighted by Gasteiger charge is 2.34. The van der Waals surface area contributed by atoms with E-state index in [0.717, 1.165) is 13.1 Å². The molecule has 2 atom stereocenters. The molecule has 0 aromatic carbocycles. The fourth-order valence-electron chi connectivity index (χ4n) is 2.74. The van der Waals surface area contributed by atoms with Crippen molar-refractivity contribution in [1.82, 2.24) is 4.90 Å². The Labute approximate surface area is 94.9 Å². The predicted octanol–water partition coefficient (Wildman–Crippen LogP) is -0.253. The number of primary amides is 1. The van der Waals surface area contributed by atoms with E-state index in [1.54, 1.807) is 0 Å². The van der Waals surface area contributed by atoms with Gasteiger partial charge in [0.1, 0.15) is 13.2 Å². The Morgan fingerprint density at radius 2 is 1.81 bits per heavy atom. The van der Waals surface area contributed by atoms with Gasteiger partial charge in [0.2, 0.25) is 11.8 Å². The third-order valence-corrected chi connectivity index (χ3v) is 3.43. The van der Waals surface area contributed by atoms with Gasteiger partial charge in [0.25, 0.3) is 0 Å². The van der Waals surface area contributed by atoms with Gasteiger partial charge in [0, 0.05) is 13.1 Å². The molecule has 1 aliphatic carbocycles. The molecule has 0 aromatic heterocycles. The Kier molecular flexibility index (Phi) is 3.43.